The predicted octanol–water partition coefficient (Wildman–Crippen LogP) is 2.64. The monoisotopic (exact) mass is 206 g/mol. The van der Waals surface area contributed by atoms with E-state index >= 15 is 0 Å². The van der Waals surface area contributed by atoms with E-state index in [-0.39, 0.29) is 0 Å². The Kier molecular flexibility index (Phi) is 5.31. The smallest absolute Gasteiger partial charge is 0.313 e. The zero-order chi connectivity index (χ0) is 10.5. The van der Waals surface area contributed by atoms with Gasteiger partial charge in [-0.1, -0.05) is 27.2 Å². The molecule has 0 spiro atoms. The third-order valence-electron chi connectivity index (χ3n) is 2.49. The fourth-order valence-corrected chi connectivity index (χ4v) is 3.96. The number of aliphatic carboxylic acids is 1. The van der Waals surface area contributed by atoms with E-state index in [1.165, 1.54) is 0 Å². The van der Waals surface area contributed by atoms with E-state index in [0.29, 0.717) is 18.7 Å². The van der Waals surface area contributed by atoms with E-state index in [9.17, 15) is 9.36 Å². The molecule has 0 aromatic carbocycles. The Morgan fingerprint density at radius 3 is 2.00 bits per heavy atom. The maximum absolute atomic E-state index is 12.1. The minimum atomic E-state index is -2.46. The Labute approximate surface area is 79.9 Å². The van der Waals surface area contributed by atoms with Crippen LogP contribution in [0.2, 0.25) is 0 Å². The summed E-state index contributed by atoms with van der Waals surface area (Å²) in [5.74, 6) is -0.895. The van der Waals surface area contributed by atoms with Crippen LogP contribution in [0.1, 0.15) is 33.6 Å². The van der Waals surface area contributed by atoms with Crippen molar-refractivity contribution >= 4 is 13.1 Å². The van der Waals surface area contributed by atoms with Gasteiger partial charge in [0, 0.05) is 0 Å². The van der Waals surface area contributed by atoms with Gasteiger partial charge in [0.15, 0.2) is 0 Å². The molecule has 13 heavy (non-hydrogen) atoms. The van der Waals surface area contributed by atoms with Crippen molar-refractivity contribution < 1.29 is 14.5 Å². The van der Waals surface area contributed by atoms with Gasteiger partial charge in [-0.15, -0.1) is 0 Å². The topological polar surface area (TPSA) is 54.4 Å². The van der Waals surface area contributed by atoms with Crippen LogP contribution in [0.3, 0.4) is 0 Å². The second kappa shape index (κ2) is 5.43. The lowest BCUT2D eigenvalue weighted by molar-refractivity contribution is -0.136. The largest absolute Gasteiger partial charge is 0.481 e. The molecule has 0 aliphatic rings. The van der Waals surface area contributed by atoms with Crippen LogP contribution in [0.15, 0.2) is 0 Å². The van der Waals surface area contributed by atoms with Gasteiger partial charge in [0.1, 0.15) is 12.8 Å². The number of carboxylic acids is 1. The number of carboxylic acid groups (broad SMARTS) is 1. The molecule has 0 aliphatic heterocycles. The Bertz CT molecular complexity index is 205. The summed E-state index contributed by atoms with van der Waals surface area (Å²) in [6.45, 7) is 5.55. The van der Waals surface area contributed by atoms with Crippen LogP contribution in [0, 0.1) is 0 Å². The fraction of sp³-hybridized carbons (Fsp3) is 0.889. The van der Waals surface area contributed by atoms with Crippen molar-refractivity contribution in [1.82, 2.24) is 0 Å². The number of rotatable bonds is 6. The molecule has 78 valence electrons. The highest BCUT2D eigenvalue weighted by Crippen LogP contribution is 2.51. The van der Waals surface area contributed by atoms with Crippen LogP contribution in [-0.4, -0.2) is 29.1 Å². The van der Waals surface area contributed by atoms with Gasteiger partial charge in [0.05, 0.1) is 0 Å². The molecular formula is C9H19O3P. The normalized spacial score (nSPS) is 14.1. The third kappa shape index (κ3) is 3.15. The quantitative estimate of drug-likeness (QED) is 0.679. The zero-order valence-corrected chi connectivity index (χ0v) is 9.51. The van der Waals surface area contributed by atoms with Crippen molar-refractivity contribution in [2.24, 2.45) is 0 Å². The highest BCUT2D eigenvalue weighted by Gasteiger charge is 2.34. The Balaban J connectivity index is 4.69. The molecule has 1 unspecified atom stereocenters. The number of carbonyl (C=O) groups is 1. The van der Waals surface area contributed by atoms with Crippen LogP contribution < -0.4 is 0 Å². The van der Waals surface area contributed by atoms with Crippen molar-refractivity contribution in [3.8, 4) is 0 Å². The Morgan fingerprint density at radius 1 is 1.31 bits per heavy atom. The van der Waals surface area contributed by atoms with Gasteiger partial charge in [-0.3, -0.25) is 4.79 Å². The summed E-state index contributed by atoms with van der Waals surface area (Å²) in [6.07, 6.45) is 2.32. The van der Waals surface area contributed by atoms with Gasteiger partial charge >= 0.3 is 5.97 Å². The van der Waals surface area contributed by atoms with E-state index in [1.54, 1.807) is 0 Å². The molecule has 0 bridgehead atoms. The minimum absolute atomic E-state index is 0.500. The lowest BCUT2D eigenvalue weighted by atomic mass is 10.2. The predicted molar refractivity (Wildman–Crippen MR) is 55.0 cm³/mol. The molecule has 0 rings (SSSR count). The number of hydrogen-bond acceptors (Lipinski definition) is 2. The first-order valence-corrected chi connectivity index (χ1v) is 6.97. The van der Waals surface area contributed by atoms with E-state index in [2.05, 4.69) is 0 Å². The summed E-state index contributed by atoms with van der Waals surface area (Å²) in [5, 5.41) is 8.93. The highest BCUT2D eigenvalue weighted by atomic mass is 31.2. The van der Waals surface area contributed by atoms with Gasteiger partial charge < -0.3 is 9.67 Å². The highest BCUT2D eigenvalue weighted by molar-refractivity contribution is 7.65. The van der Waals surface area contributed by atoms with Crippen molar-refractivity contribution in [3.05, 3.63) is 0 Å². The lowest BCUT2D eigenvalue weighted by Crippen LogP contribution is -2.22. The average Bonchev–Trinajstić information content (AvgIpc) is 2.12. The first-order valence-electron chi connectivity index (χ1n) is 4.82. The molecule has 1 N–H and O–H groups in total. The van der Waals surface area contributed by atoms with E-state index in [0.717, 1.165) is 6.42 Å². The molecule has 0 aromatic rings. The van der Waals surface area contributed by atoms with Gasteiger partial charge in [0.25, 0.3) is 0 Å². The molecule has 1 atom stereocenters. The summed E-state index contributed by atoms with van der Waals surface area (Å²) in [6, 6.07) is 0. The summed E-state index contributed by atoms with van der Waals surface area (Å²) in [5.41, 5.74) is -0.618. The molecule has 4 heteroatoms. The maximum atomic E-state index is 12.1. The van der Waals surface area contributed by atoms with Gasteiger partial charge in [-0.05, 0) is 18.7 Å². The van der Waals surface area contributed by atoms with Crippen LogP contribution in [0.4, 0.5) is 0 Å². The van der Waals surface area contributed by atoms with Crippen LogP contribution in [-0.2, 0) is 9.36 Å². The summed E-state index contributed by atoms with van der Waals surface area (Å²) in [7, 11) is -2.46. The molecule has 0 saturated carbocycles. The SMILES string of the molecule is CCCC(C(=O)O)P(=O)(CC)CC. The Hall–Kier alpha value is -0.300. The molecule has 0 radical (unpaired) electrons. The molecular weight excluding hydrogens is 187 g/mol. The summed E-state index contributed by atoms with van der Waals surface area (Å²) >= 11 is 0. The summed E-state index contributed by atoms with van der Waals surface area (Å²) < 4.78 is 12.1. The molecule has 3 nitrogen and oxygen atoms in total. The van der Waals surface area contributed by atoms with Crippen molar-refractivity contribution in [1.29, 1.82) is 0 Å². The standard InChI is InChI=1S/C9H19O3P/c1-4-7-8(9(10)11)13(12,5-2)6-3/h8H,4-7H2,1-3H3,(H,10,11). The lowest BCUT2D eigenvalue weighted by Gasteiger charge is -2.21. The fourth-order valence-electron chi connectivity index (χ4n) is 1.50. The average molecular weight is 206 g/mol. The third-order valence-corrected chi connectivity index (χ3v) is 6.24. The minimum Gasteiger partial charge on any atom is -0.481 e. The second-order valence-corrected chi connectivity index (χ2v) is 7.02. The van der Waals surface area contributed by atoms with Crippen molar-refractivity contribution in [2.45, 2.75) is 39.3 Å². The molecule has 0 saturated heterocycles. The maximum Gasteiger partial charge on any atom is 0.313 e. The van der Waals surface area contributed by atoms with E-state index < -0.39 is 18.8 Å². The molecule has 0 aliphatic carbocycles. The van der Waals surface area contributed by atoms with E-state index in [4.69, 9.17) is 5.11 Å². The first kappa shape index (κ1) is 12.7. The van der Waals surface area contributed by atoms with Gasteiger partial charge in [-0.25, -0.2) is 0 Å². The Morgan fingerprint density at radius 2 is 1.77 bits per heavy atom. The second-order valence-electron chi connectivity index (χ2n) is 3.23. The summed E-state index contributed by atoms with van der Waals surface area (Å²) in [4.78, 5) is 10.9. The van der Waals surface area contributed by atoms with Crippen LogP contribution in [0.5, 0.6) is 0 Å². The van der Waals surface area contributed by atoms with Crippen molar-refractivity contribution in [3.63, 3.8) is 0 Å². The molecule has 0 amide bonds. The molecule has 0 fully saturated rings. The molecule has 0 heterocycles. The van der Waals surface area contributed by atoms with Gasteiger partial charge in [-0.2, -0.15) is 0 Å². The van der Waals surface area contributed by atoms with Crippen molar-refractivity contribution in [2.75, 3.05) is 12.3 Å². The molecule has 0 aromatic heterocycles. The zero-order valence-electron chi connectivity index (χ0n) is 8.62. The van der Waals surface area contributed by atoms with Crippen LogP contribution >= 0.6 is 7.14 Å². The van der Waals surface area contributed by atoms with Gasteiger partial charge in [0.2, 0.25) is 0 Å². The van der Waals surface area contributed by atoms with Crippen LogP contribution in [0.25, 0.3) is 0 Å². The number of hydrogen-bond donors (Lipinski definition) is 1. The first-order chi connectivity index (χ1) is 6.01. The van der Waals surface area contributed by atoms with E-state index in [1.807, 2.05) is 20.8 Å².